The van der Waals surface area contributed by atoms with Gasteiger partial charge in [0.25, 0.3) is 0 Å². The predicted molar refractivity (Wildman–Crippen MR) is 117 cm³/mol. The Hall–Kier alpha value is -0.0800. The van der Waals surface area contributed by atoms with E-state index < -0.39 is 0 Å². The molecule has 0 bridgehead atoms. The van der Waals surface area contributed by atoms with Crippen LogP contribution in [0.5, 0.6) is 0 Å². The van der Waals surface area contributed by atoms with Crippen LogP contribution in [-0.2, 0) is 0 Å². The van der Waals surface area contributed by atoms with E-state index in [-0.39, 0.29) is 24.0 Å². The molecule has 146 valence electrons. The zero-order valence-corrected chi connectivity index (χ0v) is 18.5. The topological polar surface area (TPSA) is 42.9 Å². The summed E-state index contributed by atoms with van der Waals surface area (Å²) >= 11 is 0. The van der Waals surface area contributed by atoms with Crippen molar-refractivity contribution in [3.63, 3.8) is 0 Å². The first kappa shape index (κ1) is 21.2. The highest BCUT2D eigenvalue weighted by Crippen LogP contribution is 2.34. The maximum atomic E-state index is 4.86. The molecule has 25 heavy (non-hydrogen) atoms. The zero-order valence-electron chi connectivity index (χ0n) is 16.2. The molecule has 1 saturated heterocycles. The van der Waals surface area contributed by atoms with Crippen LogP contribution in [0.25, 0.3) is 0 Å². The van der Waals surface area contributed by atoms with E-state index in [0.29, 0.717) is 6.04 Å². The maximum absolute atomic E-state index is 4.86. The Balaban J connectivity index is 0.00000225. The predicted octanol–water partition coefficient (Wildman–Crippen LogP) is 2.52. The van der Waals surface area contributed by atoms with E-state index in [1.165, 1.54) is 51.6 Å². The molecule has 0 amide bonds. The van der Waals surface area contributed by atoms with Gasteiger partial charge in [-0.25, -0.2) is 0 Å². The quantitative estimate of drug-likeness (QED) is 0.297. The molecule has 0 aromatic rings. The summed E-state index contributed by atoms with van der Waals surface area (Å²) in [7, 11) is 0. The fourth-order valence-corrected chi connectivity index (χ4v) is 3.87. The molecule has 3 rings (SSSR count). The van der Waals surface area contributed by atoms with E-state index in [9.17, 15) is 0 Å². The summed E-state index contributed by atoms with van der Waals surface area (Å²) in [6, 6.07) is 1.52. The van der Waals surface area contributed by atoms with Gasteiger partial charge < -0.3 is 10.6 Å². The van der Waals surface area contributed by atoms with Gasteiger partial charge in [-0.3, -0.25) is 14.8 Å². The molecule has 1 aliphatic heterocycles. The monoisotopic (exact) mass is 463 g/mol. The molecule has 0 spiro atoms. The minimum atomic E-state index is 0. The molecular weight excluding hydrogens is 425 g/mol. The second kappa shape index (κ2) is 10.9. The average molecular weight is 463 g/mol. The third-order valence-corrected chi connectivity index (χ3v) is 5.65. The minimum Gasteiger partial charge on any atom is -0.357 e. The molecule has 5 nitrogen and oxygen atoms in total. The molecule has 0 aromatic carbocycles. The molecule has 2 N–H and O–H groups in total. The van der Waals surface area contributed by atoms with Crippen LogP contribution in [-0.4, -0.2) is 73.7 Å². The van der Waals surface area contributed by atoms with Crippen LogP contribution in [0.15, 0.2) is 4.99 Å². The van der Waals surface area contributed by atoms with Gasteiger partial charge in [-0.05, 0) is 64.5 Å². The molecule has 1 unspecified atom stereocenters. The van der Waals surface area contributed by atoms with Crippen LogP contribution in [0.1, 0.15) is 52.4 Å². The number of hydrogen-bond acceptors (Lipinski definition) is 3. The summed E-state index contributed by atoms with van der Waals surface area (Å²) < 4.78 is 0. The van der Waals surface area contributed by atoms with Crippen molar-refractivity contribution in [3.05, 3.63) is 0 Å². The Kier molecular flexibility index (Phi) is 9.27. The van der Waals surface area contributed by atoms with Crippen molar-refractivity contribution in [3.8, 4) is 0 Å². The van der Waals surface area contributed by atoms with Gasteiger partial charge in [0, 0.05) is 38.3 Å². The van der Waals surface area contributed by atoms with Gasteiger partial charge in [0.15, 0.2) is 5.96 Å². The highest BCUT2D eigenvalue weighted by molar-refractivity contribution is 14.0. The number of halogens is 1. The number of aliphatic imine (C=N–C) groups is 1. The van der Waals surface area contributed by atoms with Crippen molar-refractivity contribution in [2.75, 3.05) is 45.8 Å². The van der Waals surface area contributed by atoms with Crippen molar-refractivity contribution >= 4 is 29.9 Å². The number of nitrogens with zero attached hydrogens (tertiary/aromatic N) is 3. The Morgan fingerprint density at radius 2 is 1.92 bits per heavy atom. The highest BCUT2D eigenvalue weighted by Gasteiger charge is 2.33. The summed E-state index contributed by atoms with van der Waals surface area (Å²) in [6.45, 7) is 12.2. The van der Waals surface area contributed by atoms with E-state index in [1.54, 1.807) is 0 Å². The van der Waals surface area contributed by atoms with Crippen LogP contribution in [0.4, 0.5) is 0 Å². The molecule has 2 saturated carbocycles. The van der Waals surface area contributed by atoms with Gasteiger partial charge in [-0.2, -0.15) is 0 Å². The second-order valence-electron chi connectivity index (χ2n) is 7.74. The summed E-state index contributed by atoms with van der Waals surface area (Å²) in [4.78, 5) is 10.1. The van der Waals surface area contributed by atoms with Crippen LogP contribution < -0.4 is 10.6 Å². The Bertz CT molecular complexity index is 409. The summed E-state index contributed by atoms with van der Waals surface area (Å²) in [5.41, 5.74) is 0. The lowest BCUT2D eigenvalue weighted by molar-refractivity contribution is 0.256. The Morgan fingerprint density at radius 3 is 2.56 bits per heavy atom. The average Bonchev–Trinajstić information content (AvgIpc) is 3.50. The number of rotatable bonds is 10. The summed E-state index contributed by atoms with van der Waals surface area (Å²) in [5, 5.41) is 6.98. The van der Waals surface area contributed by atoms with Crippen molar-refractivity contribution in [2.24, 2.45) is 10.9 Å². The molecule has 1 atom stereocenters. The minimum absolute atomic E-state index is 0. The Morgan fingerprint density at radius 1 is 1.12 bits per heavy atom. The van der Waals surface area contributed by atoms with Crippen LogP contribution in [0.3, 0.4) is 0 Å². The fourth-order valence-electron chi connectivity index (χ4n) is 3.87. The second-order valence-corrected chi connectivity index (χ2v) is 7.74. The summed E-state index contributed by atoms with van der Waals surface area (Å²) in [5.74, 6) is 2.00. The molecule has 3 aliphatic rings. The number of likely N-dealkylation sites (N-methyl/N-ethyl adjacent to an activating group) is 1. The third kappa shape index (κ3) is 7.21. The largest absolute Gasteiger partial charge is 0.357 e. The number of nitrogens with one attached hydrogen (secondary N) is 2. The smallest absolute Gasteiger partial charge is 0.191 e. The van der Waals surface area contributed by atoms with Crippen molar-refractivity contribution in [1.29, 1.82) is 0 Å². The maximum Gasteiger partial charge on any atom is 0.191 e. The van der Waals surface area contributed by atoms with Crippen LogP contribution in [0.2, 0.25) is 0 Å². The van der Waals surface area contributed by atoms with Crippen LogP contribution >= 0.6 is 24.0 Å². The molecule has 2 aliphatic carbocycles. The lowest BCUT2D eigenvalue weighted by Crippen LogP contribution is -2.43. The van der Waals surface area contributed by atoms with E-state index in [2.05, 4.69) is 34.3 Å². The van der Waals surface area contributed by atoms with E-state index in [0.717, 1.165) is 50.6 Å². The zero-order chi connectivity index (χ0) is 16.8. The third-order valence-electron chi connectivity index (χ3n) is 5.65. The van der Waals surface area contributed by atoms with Gasteiger partial charge in [-0.1, -0.05) is 6.92 Å². The first-order chi connectivity index (χ1) is 11.8. The molecule has 1 heterocycles. The SMILES string of the molecule is CCNC(=NCC1CCCN1CC)NCCN(CC1CC1)C1CC1.I. The van der Waals surface area contributed by atoms with Crippen molar-refractivity contribution < 1.29 is 0 Å². The van der Waals surface area contributed by atoms with Gasteiger partial charge in [0.2, 0.25) is 0 Å². The molecule has 0 radical (unpaired) electrons. The van der Waals surface area contributed by atoms with Gasteiger partial charge >= 0.3 is 0 Å². The molecule has 3 fully saturated rings. The van der Waals surface area contributed by atoms with E-state index in [1.807, 2.05) is 0 Å². The first-order valence-corrected chi connectivity index (χ1v) is 10.3. The summed E-state index contributed by atoms with van der Waals surface area (Å²) in [6.07, 6.45) is 8.36. The van der Waals surface area contributed by atoms with Crippen molar-refractivity contribution in [2.45, 2.75) is 64.5 Å². The number of hydrogen-bond donors (Lipinski definition) is 2. The van der Waals surface area contributed by atoms with Gasteiger partial charge in [-0.15, -0.1) is 24.0 Å². The van der Waals surface area contributed by atoms with Crippen molar-refractivity contribution in [1.82, 2.24) is 20.4 Å². The number of guanidine groups is 1. The first-order valence-electron chi connectivity index (χ1n) is 10.3. The highest BCUT2D eigenvalue weighted by atomic mass is 127. The van der Waals surface area contributed by atoms with E-state index >= 15 is 0 Å². The van der Waals surface area contributed by atoms with E-state index in [4.69, 9.17) is 4.99 Å². The standard InChI is InChI=1S/C19H37N5.HI/c1-3-20-19(22-14-18-6-5-12-23(18)4-2)21-11-13-24(17-9-10-17)15-16-7-8-16;/h16-18H,3-15H2,1-2H3,(H2,20,21,22);1H. The molecule has 6 heteroatoms. The van der Waals surface area contributed by atoms with Gasteiger partial charge in [0.05, 0.1) is 6.54 Å². The Labute approximate surface area is 171 Å². The fraction of sp³-hybridized carbons (Fsp3) is 0.947. The molecular formula is C19H38IN5. The lowest BCUT2D eigenvalue weighted by Gasteiger charge is -2.23. The van der Waals surface area contributed by atoms with Crippen LogP contribution in [0, 0.1) is 5.92 Å². The van der Waals surface area contributed by atoms with Gasteiger partial charge in [0.1, 0.15) is 0 Å². The molecule has 0 aromatic heterocycles. The normalized spacial score (nSPS) is 24.4. The lowest BCUT2D eigenvalue weighted by atomic mass is 10.2. The number of likely N-dealkylation sites (tertiary alicyclic amines) is 1.